The third-order valence-electron chi connectivity index (χ3n) is 4.69. The van der Waals surface area contributed by atoms with Crippen LogP contribution >= 0.6 is 0 Å². The molecule has 1 saturated heterocycles. The van der Waals surface area contributed by atoms with E-state index in [9.17, 15) is 10.2 Å². The van der Waals surface area contributed by atoms with Crippen molar-refractivity contribution in [2.75, 3.05) is 11.9 Å². The summed E-state index contributed by atoms with van der Waals surface area (Å²) < 4.78 is 7.37. The Labute approximate surface area is 150 Å². The second kappa shape index (κ2) is 7.14. The minimum atomic E-state index is -1.08. The molecule has 2 aliphatic heterocycles. The quantitative estimate of drug-likeness (QED) is 0.496. The first-order valence-corrected chi connectivity index (χ1v) is 8.53. The first-order valence-electron chi connectivity index (χ1n) is 8.53. The number of anilines is 1. The van der Waals surface area contributed by atoms with E-state index in [2.05, 4.69) is 20.6 Å². The smallest absolute Gasteiger partial charge is 0.165 e. The van der Waals surface area contributed by atoms with Crippen molar-refractivity contribution in [2.45, 2.75) is 37.3 Å². The Kier molecular flexibility index (Phi) is 4.70. The summed E-state index contributed by atoms with van der Waals surface area (Å²) in [5.74, 6) is 0.666. The van der Waals surface area contributed by atoms with Gasteiger partial charge in [0.05, 0.1) is 12.7 Å². The number of nitrogens with zero attached hydrogens (tertiary/aromatic N) is 3. The highest BCUT2D eigenvalue weighted by Crippen LogP contribution is 2.35. The summed E-state index contributed by atoms with van der Waals surface area (Å²) >= 11 is 0. The number of ether oxygens (including phenoxy) is 1. The maximum atomic E-state index is 10.3. The summed E-state index contributed by atoms with van der Waals surface area (Å²) in [5.41, 5.74) is 7.43. The number of aliphatic hydroxyl groups excluding tert-OH is 2. The van der Waals surface area contributed by atoms with Crippen LogP contribution in [0.2, 0.25) is 0 Å². The fraction of sp³-hybridized carbons (Fsp3) is 0.412. The Morgan fingerprint density at radius 2 is 2.04 bits per heavy atom. The van der Waals surface area contributed by atoms with Crippen molar-refractivity contribution < 1.29 is 14.9 Å². The molecule has 1 fully saturated rings. The van der Waals surface area contributed by atoms with Gasteiger partial charge in [0.2, 0.25) is 0 Å². The van der Waals surface area contributed by atoms with E-state index in [1.807, 2.05) is 30.3 Å². The maximum absolute atomic E-state index is 10.3. The summed E-state index contributed by atoms with van der Waals surface area (Å²) in [7, 11) is 0. The van der Waals surface area contributed by atoms with Gasteiger partial charge in [-0.2, -0.15) is 0 Å². The molecule has 138 valence electrons. The molecule has 5 atom stereocenters. The first-order chi connectivity index (χ1) is 12.7. The largest absolute Gasteiger partial charge is 0.387 e. The van der Waals surface area contributed by atoms with E-state index >= 15 is 0 Å². The van der Waals surface area contributed by atoms with E-state index in [4.69, 9.17) is 10.5 Å². The van der Waals surface area contributed by atoms with Gasteiger partial charge in [-0.05, 0) is 5.56 Å². The van der Waals surface area contributed by atoms with Gasteiger partial charge in [-0.1, -0.05) is 30.3 Å². The molecule has 1 aromatic carbocycles. The topological polar surface area (TPSA) is 130 Å². The van der Waals surface area contributed by atoms with Crippen molar-refractivity contribution in [3.63, 3.8) is 0 Å². The minimum Gasteiger partial charge on any atom is -0.387 e. The highest BCUT2D eigenvalue weighted by molar-refractivity contribution is 5.78. The Hall–Kier alpha value is -2.30. The molecule has 6 N–H and O–H groups in total. The number of fused-ring (bicyclic) bond motifs is 1. The number of aliphatic imine (C=N–C) groups is 1. The molecule has 1 aromatic heterocycles. The van der Waals surface area contributed by atoms with Gasteiger partial charge in [0.15, 0.2) is 6.23 Å². The highest BCUT2D eigenvalue weighted by Gasteiger charge is 2.44. The van der Waals surface area contributed by atoms with E-state index in [1.165, 1.54) is 0 Å². The molecule has 4 rings (SSSR count). The third-order valence-corrected chi connectivity index (χ3v) is 4.69. The molecule has 0 radical (unpaired) electrons. The zero-order valence-electron chi connectivity index (χ0n) is 14.1. The van der Waals surface area contributed by atoms with E-state index < -0.39 is 24.5 Å². The van der Waals surface area contributed by atoms with Crippen LogP contribution in [0.15, 0.2) is 41.7 Å². The molecule has 0 bridgehead atoms. The molecule has 9 heteroatoms. The summed E-state index contributed by atoms with van der Waals surface area (Å²) in [5, 5.41) is 26.7. The Bertz CT molecular complexity index is 780. The number of imidazole rings is 1. The molecular formula is C17H22N6O3. The zero-order valence-corrected chi connectivity index (χ0v) is 14.1. The number of aliphatic hydroxyl groups is 2. The lowest BCUT2D eigenvalue weighted by atomic mass is 10.1. The fourth-order valence-electron chi connectivity index (χ4n) is 3.27. The number of hydrogen-bond acceptors (Lipinski definition) is 8. The summed E-state index contributed by atoms with van der Waals surface area (Å²) in [6.07, 6.45) is -0.655. The van der Waals surface area contributed by atoms with Crippen molar-refractivity contribution >= 4 is 12.2 Å². The van der Waals surface area contributed by atoms with Crippen molar-refractivity contribution in [2.24, 2.45) is 10.7 Å². The molecule has 0 amide bonds. The summed E-state index contributed by atoms with van der Waals surface area (Å²) in [6, 6.07) is 10.0. The normalized spacial score (nSPS) is 30.2. The molecule has 3 heterocycles. The Balaban J connectivity index is 1.53. The monoisotopic (exact) mass is 358 g/mol. The van der Waals surface area contributed by atoms with Crippen LogP contribution < -0.4 is 16.4 Å². The number of hydrogen-bond donors (Lipinski definition) is 5. The molecule has 0 unspecified atom stereocenters. The van der Waals surface area contributed by atoms with Crippen LogP contribution in [0.3, 0.4) is 0 Å². The molecular weight excluding hydrogens is 336 g/mol. The lowest BCUT2D eigenvalue weighted by Crippen LogP contribution is -2.35. The Morgan fingerprint density at radius 3 is 2.77 bits per heavy atom. The van der Waals surface area contributed by atoms with Gasteiger partial charge in [0, 0.05) is 13.1 Å². The van der Waals surface area contributed by atoms with Gasteiger partial charge in [0.25, 0.3) is 0 Å². The van der Waals surface area contributed by atoms with Crippen LogP contribution in [-0.2, 0) is 11.3 Å². The number of nitrogens with two attached hydrogens (primary N) is 1. The summed E-state index contributed by atoms with van der Waals surface area (Å²) in [4.78, 5) is 8.82. The summed E-state index contributed by atoms with van der Waals surface area (Å²) in [6.45, 7) is 0.771. The molecule has 2 aromatic rings. The molecule has 0 spiro atoms. The van der Waals surface area contributed by atoms with Gasteiger partial charge in [-0.25, -0.2) is 9.98 Å². The van der Waals surface area contributed by atoms with E-state index in [0.717, 1.165) is 5.56 Å². The predicted octanol–water partition coefficient (Wildman–Crippen LogP) is -0.297. The average Bonchev–Trinajstić information content (AvgIpc) is 3.23. The van der Waals surface area contributed by atoms with E-state index in [0.29, 0.717) is 18.1 Å². The van der Waals surface area contributed by atoms with Crippen LogP contribution in [-0.4, -0.2) is 51.0 Å². The van der Waals surface area contributed by atoms with E-state index in [-0.39, 0.29) is 12.7 Å². The minimum absolute atomic E-state index is 0.127. The number of nitrogens with one attached hydrogen (secondary N) is 2. The number of aromatic nitrogens is 2. The van der Waals surface area contributed by atoms with Crippen LogP contribution in [0.1, 0.15) is 23.7 Å². The van der Waals surface area contributed by atoms with Crippen LogP contribution in [0.5, 0.6) is 0 Å². The molecule has 26 heavy (non-hydrogen) atoms. The number of rotatable bonds is 5. The second-order valence-electron chi connectivity index (χ2n) is 6.36. The highest BCUT2D eigenvalue weighted by atomic mass is 16.6. The Morgan fingerprint density at radius 1 is 1.23 bits per heavy atom. The van der Waals surface area contributed by atoms with Crippen LogP contribution in [0, 0.1) is 0 Å². The van der Waals surface area contributed by atoms with Gasteiger partial charge >= 0.3 is 0 Å². The van der Waals surface area contributed by atoms with Crippen molar-refractivity contribution in [3.05, 3.63) is 47.9 Å². The van der Waals surface area contributed by atoms with E-state index in [1.54, 1.807) is 17.2 Å². The molecule has 9 nitrogen and oxygen atoms in total. The van der Waals surface area contributed by atoms with Crippen LogP contribution in [0.25, 0.3) is 0 Å². The van der Waals surface area contributed by atoms with Gasteiger partial charge in [-0.3, -0.25) is 9.88 Å². The standard InChI is InChI=1S/C17H22N6O3/c18-6-11-13(24)14(25)17(26-11)23-9-22-12-15(20-8-21-16(12)23)19-7-10-4-2-1-3-5-10/h1-5,8-9,11,13-15,17,19,24-25H,6-7,18H2,(H,20,21)/t11-,13-,14-,15-,17-/m1/s1. The van der Waals surface area contributed by atoms with Crippen LogP contribution in [0.4, 0.5) is 5.82 Å². The molecule has 0 saturated carbocycles. The van der Waals surface area contributed by atoms with Gasteiger partial charge in [0.1, 0.15) is 36.0 Å². The van der Waals surface area contributed by atoms with Crippen molar-refractivity contribution in [3.8, 4) is 0 Å². The SMILES string of the molecule is NC[C@H]1O[C@@H](n2cnc3c2NC=N[C@H]3NCc2ccccc2)[C@H](O)[C@@H]1O. The lowest BCUT2D eigenvalue weighted by molar-refractivity contribution is -0.0331. The van der Waals surface area contributed by atoms with Crippen molar-refractivity contribution in [1.82, 2.24) is 14.9 Å². The second-order valence-corrected chi connectivity index (χ2v) is 6.36. The van der Waals surface area contributed by atoms with Gasteiger partial charge < -0.3 is 26.0 Å². The molecule has 0 aliphatic carbocycles. The maximum Gasteiger partial charge on any atom is 0.165 e. The third kappa shape index (κ3) is 3.00. The fourth-order valence-corrected chi connectivity index (χ4v) is 3.27. The lowest BCUT2D eigenvalue weighted by Gasteiger charge is -2.23. The van der Waals surface area contributed by atoms with Gasteiger partial charge in [-0.15, -0.1) is 0 Å². The zero-order chi connectivity index (χ0) is 18.1. The molecule has 2 aliphatic rings. The predicted molar refractivity (Wildman–Crippen MR) is 95.3 cm³/mol. The average molecular weight is 358 g/mol. The number of benzene rings is 1. The van der Waals surface area contributed by atoms with Crippen molar-refractivity contribution in [1.29, 1.82) is 0 Å². The first kappa shape index (κ1) is 17.1.